The lowest BCUT2D eigenvalue weighted by atomic mass is 10.1. The van der Waals surface area contributed by atoms with Gasteiger partial charge in [0.1, 0.15) is 0 Å². The Bertz CT molecular complexity index is 1100. The Morgan fingerprint density at radius 1 is 1.09 bits per heavy atom. The molecule has 0 saturated carbocycles. The number of aliphatic imine (C=N–C) groups is 1. The van der Waals surface area contributed by atoms with Crippen LogP contribution in [0.5, 0.6) is 0 Å². The van der Waals surface area contributed by atoms with Gasteiger partial charge < -0.3 is 21.3 Å². The summed E-state index contributed by atoms with van der Waals surface area (Å²) in [6.07, 6.45) is 6.55. The summed E-state index contributed by atoms with van der Waals surface area (Å²) in [6, 6.07) is 14.1. The first-order chi connectivity index (χ1) is 15.4. The summed E-state index contributed by atoms with van der Waals surface area (Å²) in [7, 11) is 0. The number of anilines is 1. The van der Waals surface area contributed by atoms with E-state index in [9.17, 15) is 9.59 Å². The van der Waals surface area contributed by atoms with Crippen molar-refractivity contribution in [2.24, 2.45) is 10.7 Å². The minimum atomic E-state index is -0.476. The Kier molecular flexibility index (Phi) is 7.23. The number of nitrogens with zero attached hydrogens (tertiary/aromatic N) is 2. The molecule has 0 bridgehead atoms. The number of nitrogens with one attached hydrogen (secondary N) is 2. The van der Waals surface area contributed by atoms with Gasteiger partial charge >= 0.3 is 0 Å². The van der Waals surface area contributed by atoms with Crippen molar-refractivity contribution in [1.29, 1.82) is 0 Å². The summed E-state index contributed by atoms with van der Waals surface area (Å²) in [5, 5.41) is 6.15. The van der Waals surface area contributed by atoms with Crippen LogP contribution in [-0.4, -0.2) is 29.1 Å². The van der Waals surface area contributed by atoms with Crippen LogP contribution in [0, 0.1) is 0 Å². The van der Waals surface area contributed by atoms with Gasteiger partial charge in [-0.3, -0.25) is 9.59 Å². The minimum Gasteiger partial charge on any atom is -0.366 e. The van der Waals surface area contributed by atoms with Gasteiger partial charge in [0.25, 0.3) is 5.91 Å². The third-order valence-electron chi connectivity index (χ3n) is 4.80. The first-order valence-corrected chi connectivity index (χ1v) is 10.4. The van der Waals surface area contributed by atoms with Crippen LogP contribution in [0.15, 0.2) is 84.3 Å². The van der Waals surface area contributed by atoms with E-state index in [1.807, 2.05) is 49.4 Å². The van der Waals surface area contributed by atoms with Crippen LogP contribution < -0.4 is 16.4 Å². The summed E-state index contributed by atoms with van der Waals surface area (Å²) in [4.78, 5) is 30.1. The number of benzene rings is 2. The zero-order valence-electron chi connectivity index (χ0n) is 18.3. The lowest BCUT2D eigenvalue weighted by molar-refractivity contribution is 0.0952. The van der Waals surface area contributed by atoms with Crippen molar-refractivity contribution in [3.8, 4) is 0 Å². The molecule has 164 valence electrons. The highest BCUT2D eigenvalue weighted by atomic mass is 16.2. The summed E-state index contributed by atoms with van der Waals surface area (Å²) >= 11 is 0. The number of amides is 2. The Hall–Kier alpha value is -4.13. The molecule has 7 heteroatoms. The number of hydrogen-bond donors (Lipinski definition) is 3. The Balaban J connectivity index is 1.85. The van der Waals surface area contributed by atoms with Gasteiger partial charge in [-0.05, 0) is 49.7 Å². The summed E-state index contributed by atoms with van der Waals surface area (Å²) < 4.78 is 0. The lowest BCUT2D eigenvalue weighted by Gasteiger charge is -2.26. The molecule has 0 unspecified atom stereocenters. The maximum absolute atomic E-state index is 12.1. The number of carbonyl (C=O) groups excluding carboxylic acids is 2. The molecule has 1 aliphatic rings. The van der Waals surface area contributed by atoms with Crippen molar-refractivity contribution < 1.29 is 9.59 Å². The SMILES string of the molecule is C=C1C(Nc2ccc(C(=O)NCCC)cc2)=NC(c2ccc(C(N)=O)cc2)=CN1/C=C\C. The van der Waals surface area contributed by atoms with Crippen molar-refractivity contribution in [3.63, 3.8) is 0 Å². The van der Waals surface area contributed by atoms with Crippen LogP contribution in [0.25, 0.3) is 5.70 Å². The van der Waals surface area contributed by atoms with Gasteiger partial charge in [0.2, 0.25) is 5.91 Å². The van der Waals surface area contributed by atoms with Crippen LogP contribution in [0.4, 0.5) is 5.69 Å². The second-order valence-corrected chi connectivity index (χ2v) is 7.21. The highest BCUT2D eigenvalue weighted by molar-refractivity contribution is 6.11. The molecular weight excluding hydrogens is 402 g/mol. The summed E-state index contributed by atoms with van der Waals surface area (Å²) in [5.41, 5.74) is 9.35. The molecule has 4 N–H and O–H groups in total. The largest absolute Gasteiger partial charge is 0.366 e. The van der Waals surface area contributed by atoms with E-state index in [0.29, 0.717) is 34.9 Å². The van der Waals surface area contributed by atoms with Crippen molar-refractivity contribution in [3.05, 3.63) is 96.0 Å². The number of amidine groups is 1. The highest BCUT2D eigenvalue weighted by Gasteiger charge is 2.18. The fraction of sp³-hybridized carbons (Fsp3) is 0.160. The molecule has 0 aromatic heterocycles. The molecule has 0 radical (unpaired) electrons. The average molecular weight is 430 g/mol. The third-order valence-corrected chi connectivity index (χ3v) is 4.80. The molecule has 32 heavy (non-hydrogen) atoms. The molecule has 0 atom stereocenters. The number of hydrogen-bond acceptors (Lipinski definition) is 5. The predicted octanol–water partition coefficient (Wildman–Crippen LogP) is 4.10. The van der Waals surface area contributed by atoms with Gasteiger partial charge in [0.05, 0.1) is 11.4 Å². The molecule has 1 aliphatic heterocycles. The van der Waals surface area contributed by atoms with Crippen LogP contribution in [0.2, 0.25) is 0 Å². The third kappa shape index (κ3) is 5.31. The van der Waals surface area contributed by atoms with Crippen molar-refractivity contribution in [2.45, 2.75) is 20.3 Å². The van der Waals surface area contributed by atoms with E-state index >= 15 is 0 Å². The highest BCUT2D eigenvalue weighted by Crippen LogP contribution is 2.26. The topological polar surface area (TPSA) is 99.8 Å². The van der Waals surface area contributed by atoms with E-state index < -0.39 is 5.91 Å². The van der Waals surface area contributed by atoms with E-state index in [0.717, 1.165) is 17.7 Å². The van der Waals surface area contributed by atoms with Crippen molar-refractivity contribution in [2.75, 3.05) is 11.9 Å². The first-order valence-electron chi connectivity index (χ1n) is 10.4. The lowest BCUT2D eigenvalue weighted by Crippen LogP contribution is -2.27. The zero-order chi connectivity index (χ0) is 23.1. The molecule has 0 saturated heterocycles. The number of nitrogens with two attached hydrogens (primary N) is 1. The minimum absolute atomic E-state index is 0.0956. The van der Waals surface area contributed by atoms with Gasteiger partial charge in [-0.15, -0.1) is 0 Å². The molecule has 7 nitrogen and oxygen atoms in total. The molecule has 2 aromatic rings. The van der Waals surface area contributed by atoms with Crippen LogP contribution in [0.3, 0.4) is 0 Å². The monoisotopic (exact) mass is 429 g/mol. The number of rotatable bonds is 7. The van der Waals surface area contributed by atoms with E-state index in [4.69, 9.17) is 10.7 Å². The molecule has 0 fully saturated rings. The van der Waals surface area contributed by atoms with Gasteiger partial charge in [-0.25, -0.2) is 4.99 Å². The summed E-state index contributed by atoms with van der Waals surface area (Å²) in [6.45, 7) is 8.72. The standard InChI is InChI=1S/C25H27N5O2/c1-4-14-27-25(32)20-10-12-21(13-11-20)28-24-17(3)30(15-5-2)16-22(29-24)18-6-8-19(9-7-18)23(26)31/h5-13,15-16H,3-4,14H2,1-2H3,(H2,26,31)(H,27,32)(H,28,29)/b15-5-. The number of allylic oxidation sites excluding steroid dienone is 1. The molecule has 0 aliphatic carbocycles. The molecule has 3 rings (SSSR count). The zero-order valence-corrected chi connectivity index (χ0v) is 18.3. The quantitative estimate of drug-likeness (QED) is 0.617. The molecule has 1 heterocycles. The van der Waals surface area contributed by atoms with Gasteiger partial charge in [0.15, 0.2) is 5.84 Å². The second kappa shape index (κ2) is 10.3. The maximum atomic E-state index is 12.1. The Labute approximate surface area is 188 Å². The second-order valence-electron chi connectivity index (χ2n) is 7.21. The fourth-order valence-electron chi connectivity index (χ4n) is 3.07. The average Bonchev–Trinajstić information content (AvgIpc) is 2.80. The number of carbonyl (C=O) groups is 2. The molecular formula is C25H27N5O2. The van der Waals surface area contributed by atoms with E-state index in [2.05, 4.69) is 17.2 Å². The van der Waals surface area contributed by atoms with Crippen LogP contribution in [0.1, 0.15) is 46.5 Å². The van der Waals surface area contributed by atoms with Crippen molar-refractivity contribution in [1.82, 2.24) is 10.2 Å². The Morgan fingerprint density at radius 2 is 1.75 bits per heavy atom. The fourth-order valence-corrected chi connectivity index (χ4v) is 3.07. The predicted molar refractivity (Wildman–Crippen MR) is 129 cm³/mol. The first kappa shape index (κ1) is 22.6. The van der Waals surface area contributed by atoms with E-state index in [-0.39, 0.29) is 5.91 Å². The van der Waals surface area contributed by atoms with Gasteiger partial charge in [-0.1, -0.05) is 31.7 Å². The van der Waals surface area contributed by atoms with E-state index in [1.165, 1.54) is 0 Å². The number of primary amides is 1. The summed E-state index contributed by atoms with van der Waals surface area (Å²) in [5.74, 6) is 0.000221. The molecule has 2 amide bonds. The molecule has 0 spiro atoms. The van der Waals surface area contributed by atoms with Crippen molar-refractivity contribution >= 4 is 29.0 Å². The van der Waals surface area contributed by atoms with Gasteiger partial charge in [-0.2, -0.15) is 0 Å². The Morgan fingerprint density at radius 3 is 2.34 bits per heavy atom. The normalized spacial score (nSPS) is 13.6. The van der Waals surface area contributed by atoms with Gasteiger partial charge in [0, 0.05) is 41.3 Å². The van der Waals surface area contributed by atoms with E-state index in [1.54, 1.807) is 36.4 Å². The smallest absolute Gasteiger partial charge is 0.251 e. The van der Waals surface area contributed by atoms with Crippen LogP contribution in [-0.2, 0) is 0 Å². The maximum Gasteiger partial charge on any atom is 0.251 e. The molecule has 2 aromatic carbocycles. The van der Waals surface area contributed by atoms with Crippen LogP contribution >= 0.6 is 0 Å².